The normalized spacial score (nSPS) is 11.9. The molecule has 0 aliphatic carbocycles. The monoisotopic (exact) mass is 287 g/mol. The van der Waals surface area contributed by atoms with Gasteiger partial charge in [-0.1, -0.05) is 18.2 Å². The van der Waals surface area contributed by atoms with E-state index in [9.17, 15) is 5.11 Å². The van der Waals surface area contributed by atoms with E-state index < -0.39 is 6.10 Å². The molecule has 0 saturated heterocycles. The summed E-state index contributed by atoms with van der Waals surface area (Å²) in [6, 6.07) is 17.3. The topological polar surface area (TPSA) is 50.7 Å². The molecule has 0 heterocycles. The summed E-state index contributed by atoms with van der Waals surface area (Å²) in [7, 11) is 0. The van der Waals surface area contributed by atoms with Gasteiger partial charge in [0.15, 0.2) is 0 Å². The predicted octanol–water partition coefficient (Wildman–Crippen LogP) is 3.29. The van der Waals surface area contributed by atoms with Gasteiger partial charge < -0.3 is 19.9 Å². The maximum atomic E-state index is 9.68. The van der Waals surface area contributed by atoms with E-state index in [-0.39, 0.29) is 0 Å². The average Bonchev–Trinajstić information content (AvgIpc) is 2.53. The van der Waals surface area contributed by atoms with Gasteiger partial charge in [0.2, 0.25) is 0 Å². The second-order valence-corrected chi connectivity index (χ2v) is 4.63. The third kappa shape index (κ3) is 5.45. The molecule has 2 aromatic rings. The summed E-state index contributed by atoms with van der Waals surface area (Å²) < 4.78 is 10.9. The van der Waals surface area contributed by atoms with Gasteiger partial charge >= 0.3 is 0 Å². The molecule has 1 atom stereocenters. The smallest absolute Gasteiger partial charge is 0.127 e. The number of rotatable bonds is 8. The lowest BCUT2D eigenvalue weighted by molar-refractivity contribution is 0.0496. The summed E-state index contributed by atoms with van der Waals surface area (Å²) in [4.78, 5) is 0. The lowest BCUT2D eigenvalue weighted by atomic mass is 10.3. The molecule has 0 bridgehead atoms. The van der Waals surface area contributed by atoms with Crippen molar-refractivity contribution >= 4 is 5.69 Å². The first-order chi connectivity index (χ1) is 10.3. The van der Waals surface area contributed by atoms with Crippen molar-refractivity contribution in [2.24, 2.45) is 0 Å². The zero-order chi connectivity index (χ0) is 14.9. The molecule has 2 N–H and O–H groups in total. The lowest BCUT2D eigenvalue weighted by Gasteiger charge is -2.13. The first kappa shape index (κ1) is 15.4. The summed E-state index contributed by atoms with van der Waals surface area (Å²) in [5.41, 5.74) is 0.936. The summed E-state index contributed by atoms with van der Waals surface area (Å²) in [6.07, 6.45) is -0.509. The van der Waals surface area contributed by atoms with Crippen molar-refractivity contribution in [3.8, 4) is 11.5 Å². The molecule has 0 fully saturated rings. The Labute approximate surface area is 125 Å². The molecule has 4 heteroatoms. The van der Waals surface area contributed by atoms with Crippen LogP contribution in [0.3, 0.4) is 0 Å². The molecule has 2 rings (SSSR count). The molecule has 0 aromatic heterocycles. The Morgan fingerprint density at radius 3 is 2.33 bits per heavy atom. The van der Waals surface area contributed by atoms with E-state index >= 15 is 0 Å². The van der Waals surface area contributed by atoms with Gasteiger partial charge in [0.05, 0.1) is 12.7 Å². The molecule has 0 spiro atoms. The van der Waals surface area contributed by atoms with E-state index in [2.05, 4.69) is 5.32 Å². The number of hydrogen-bond donors (Lipinski definition) is 2. The molecule has 4 nitrogen and oxygen atoms in total. The summed E-state index contributed by atoms with van der Waals surface area (Å²) in [5, 5.41) is 12.8. The Kier molecular flexibility index (Phi) is 6.06. The molecule has 112 valence electrons. The summed E-state index contributed by atoms with van der Waals surface area (Å²) >= 11 is 0. The van der Waals surface area contributed by atoms with E-state index in [0.717, 1.165) is 17.2 Å². The maximum absolute atomic E-state index is 9.68. The van der Waals surface area contributed by atoms with Gasteiger partial charge in [-0.25, -0.2) is 0 Å². The second kappa shape index (κ2) is 8.29. The first-order valence-corrected chi connectivity index (χ1v) is 7.10. The van der Waals surface area contributed by atoms with Crippen LogP contribution in [-0.4, -0.2) is 31.0 Å². The minimum Gasteiger partial charge on any atom is -0.457 e. The van der Waals surface area contributed by atoms with Crippen molar-refractivity contribution in [2.45, 2.75) is 13.0 Å². The number of aliphatic hydroxyl groups is 1. The molecule has 0 radical (unpaired) electrons. The second-order valence-electron chi connectivity index (χ2n) is 4.63. The predicted molar refractivity (Wildman–Crippen MR) is 83.9 cm³/mol. The number of ether oxygens (including phenoxy) is 2. The Morgan fingerprint density at radius 2 is 1.67 bits per heavy atom. The molecule has 0 saturated carbocycles. The fraction of sp³-hybridized carbons (Fsp3) is 0.294. The number of para-hydroxylation sites is 1. The number of anilines is 1. The van der Waals surface area contributed by atoms with E-state index in [1.54, 1.807) is 0 Å². The van der Waals surface area contributed by atoms with Crippen LogP contribution in [0.2, 0.25) is 0 Å². The van der Waals surface area contributed by atoms with Crippen LogP contribution in [0.15, 0.2) is 54.6 Å². The van der Waals surface area contributed by atoms with Gasteiger partial charge in [-0.15, -0.1) is 0 Å². The Balaban J connectivity index is 1.82. The lowest BCUT2D eigenvalue weighted by Crippen LogP contribution is -2.24. The molecule has 0 aliphatic heterocycles. The third-order valence-electron chi connectivity index (χ3n) is 2.89. The van der Waals surface area contributed by atoms with Crippen LogP contribution in [0.1, 0.15) is 6.92 Å². The molecule has 1 unspecified atom stereocenters. The van der Waals surface area contributed by atoms with Crippen molar-refractivity contribution in [1.29, 1.82) is 0 Å². The Bertz CT molecular complexity index is 513. The van der Waals surface area contributed by atoms with Gasteiger partial charge in [0.1, 0.15) is 11.5 Å². The number of benzene rings is 2. The van der Waals surface area contributed by atoms with E-state index in [4.69, 9.17) is 9.47 Å². The molecule has 0 amide bonds. The zero-order valence-corrected chi connectivity index (χ0v) is 12.2. The van der Waals surface area contributed by atoms with Crippen LogP contribution in [0.5, 0.6) is 11.5 Å². The van der Waals surface area contributed by atoms with Gasteiger partial charge in [0.25, 0.3) is 0 Å². The van der Waals surface area contributed by atoms with Crippen molar-refractivity contribution in [2.75, 3.05) is 25.1 Å². The highest BCUT2D eigenvalue weighted by atomic mass is 16.5. The standard InChI is InChI=1S/C17H21NO3/c1-2-20-13-15(19)12-18-14-8-10-17(11-9-14)21-16-6-4-3-5-7-16/h3-11,15,18-19H,2,12-13H2,1H3. The molecule has 0 aliphatic rings. The fourth-order valence-corrected chi connectivity index (χ4v) is 1.81. The van der Waals surface area contributed by atoms with Gasteiger partial charge in [-0.2, -0.15) is 0 Å². The number of aliphatic hydroxyl groups excluding tert-OH is 1. The van der Waals surface area contributed by atoms with Crippen LogP contribution >= 0.6 is 0 Å². The SMILES string of the molecule is CCOCC(O)CNc1ccc(Oc2ccccc2)cc1. The van der Waals surface area contributed by atoms with Crippen LogP contribution < -0.4 is 10.1 Å². The van der Waals surface area contributed by atoms with Crippen LogP contribution in [0, 0.1) is 0 Å². The van der Waals surface area contributed by atoms with Crippen molar-refractivity contribution < 1.29 is 14.6 Å². The fourth-order valence-electron chi connectivity index (χ4n) is 1.81. The highest BCUT2D eigenvalue weighted by Crippen LogP contribution is 2.22. The highest BCUT2D eigenvalue weighted by Gasteiger charge is 2.03. The molecule has 2 aromatic carbocycles. The van der Waals surface area contributed by atoms with E-state index in [1.165, 1.54) is 0 Å². The third-order valence-corrected chi connectivity index (χ3v) is 2.89. The molecule has 21 heavy (non-hydrogen) atoms. The van der Waals surface area contributed by atoms with Crippen molar-refractivity contribution in [3.63, 3.8) is 0 Å². The van der Waals surface area contributed by atoms with Gasteiger partial charge in [-0.3, -0.25) is 0 Å². The summed E-state index contributed by atoms with van der Waals surface area (Å²) in [6.45, 7) is 3.33. The maximum Gasteiger partial charge on any atom is 0.127 e. The minimum absolute atomic E-state index is 0.346. The van der Waals surface area contributed by atoms with Crippen molar-refractivity contribution in [3.05, 3.63) is 54.6 Å². The quantitative estimate of drug-likeness (QED) is 0.782. The Morgan fingerprint density at radius 1 is 1.00 bits per heavy atom. The Hall–Kier alpha value is -2.04. The number of nitrogens with one attached hydrogen (secondary N) is 1. The van der Waals surface area contributed by atoms with Gasteiger partial charge in [0, 0.05) is 18.8 Å². The van der Waals surface area contributed by atoms with E-state index in [0.29, 0.717) is 19.8 Å². The first-order valence-electron chi connectivity index (χ1n) is 7.10. The summed E-state index contributed by atoms with van der Waals surface area (Å²) in [5.74, 6) is 1.59. The zero-order valence-electron chi connectivity index (χ0n) is 12.2. The van der Waals surface area contributed by atoms with Crippen LogP contribution in [0.4, 0.5) is 5.69 Å². The van der Waals surface area contributed by atoms with E-state index in [1.807, 2.05) is 61.5 Å². The van der Waals surface area contributed by atoms with Crippen molar-refractivity contribution in [1.82, 2.24) is 0 Å². The highest BCUT2D eigenvalue weighted by molar-refractivity contribution is 5.47. The van der Waals surface area contributed by atoms with Gasteiger partial charge in [-0.05, 0) is 43.3 Å². The average molecular weight is 287 g/mol. The van der Waals surface area contributed by atoms with Crippen LogP contribution in [-0.2, 0) is 4.74 Å². The number of hydrogen-bond acceptors (Lipinski definition) is 4. The molecular weight excluding hydrogens is 266 g/mol. The van der Waals surface area contributed by atoms with Crippen LogP contribution in [0.25, 0.3) is 0 Å². The minimum atomic E-state index is -0.509. The molecular formula is C17H21NO3. The largest absolute Gasteiger partial charge is 0.457 e.